The minimum absolute atomic E-state index is 0.163. The van der Waals surface area contributed by atoms with Gasteiger partial charge in [0.15, 0.2) is 0 Å². The minimum Gasteiger partial charge on any atom is -0.480 e. The van der Waals surface area contributed by atoms with E-state index in [4.69, 9.17) is 0 Å². The number of likely N-dealkylation sites (N-methyl/N-ethyl adjacent to an activating group) is 1. The second-order valence-corrected chi connectivity index (χ2v) is 6.47. The molecule has 1 rings (SSSR count). The maximum atomic E-state index is 11.6. The summed E-state index contributed by atoms with van der Waals surface area (Å²) in [6.45, 7) is 8.34. The first kappa shape index (κ1) is 16.4. The highest BCUT2D eigenvalue weighted by atomic mass is 16.4. The van der Waals surface area contributed by atoms with Gasteiger partial charge in [-0.25, -0.2) is 0 Å². The van der Waals surface area contributed by atoms with E-state index in [-0.39, 0.29) is 6.04 Å². The van der Waals surface area contributed by atoms with Crippen LogP contribution in [0.3, 0.4) is 0 Å². The molecular weight excluding hydrogens is 242 g/mol. The van der Waals surface area contributed by atoms with Gasteiger partial charge in [-0.1, -0.05) is 0 Å². The van der Waals surface area contributed by atoms with Gasteiger partial charge in [-0.3, -0.25) is 15.0 Å². The highest BCUT2D eigenvalue weighted by Crippen LogP contribution is 2.21. The number of rotatable bonds is 7. The summed E-state index contributed by atoms with van der Waals surface area (Å²) in [5.74, 6) is -0.767. The Balaban J connectivity index is 2.70. The standard InChI is InChI=1S/C14H29N3O2/c1-11(2)15-14(3,13(18)19)10-17-8-6-7-12(17)9-16(4)5/h11-12,15H,6-10H2,1-5H3,(H,18,19). The van der Waals surface area contributed by atoms with E-state index in [0.29, 0.717) is 12.6 Å². The molecule has 5 heteroatoms. The van der Waals surface area contributed by atoms with Crippen LogP contribution in [0, 0.1) is 0 Å². The zero-order valence-corrected chi connectivity index (χ0v) is 12.9. The molecule has 2 N–H and O–H groups in total. The van der Waals surface area contributed by atoms with Crippen LogP contribution < -0.4 is 5.32 Å². The molecule has 0 aromatic carbocycles. The lowest BCUT2D eigenvalue weighted by atomic mass is 10.00. The Morgan fingerprint density at radius 2 is 2.16 bits per heavy atom. The maximum Gasteiger partial charge on any atom is 0.324 e. The molecule has 0 saturated carbocycles. The summed E-state index contributed by atoms with van der Waals surface area (Å²) in [7, 11) is 4.14. The molecule has 0 bridgehead atoms. The predicted molar refractivity (Wildman–Crippen MR) is 77.5 cm³/mol. The minimum atomic E-state index is -0.872. The number of nitrogens with zero attached hydrogens (tertiary/aromatic N) is 2. The van der Waals surface area contributed by atoms with Crippen LogP contribution in [0.5, 0.6) is 0 Å². The monoisotopic (exact) mass is 271 g/mol. The van der Waals surface area contributed by atoms with Gasteiger partial charge in [-0.05, 0) is 54.3 Å². The lowest BCUT2D eigenvalue weighted by Crippen LogP contribution is -2.60. The summed E-state index contributed by atoms with van der Waals surface area (Å²) < 4.78 is 0. The Morgan fingerprint density at radius 1 is 1.53 bits per heavy atom. The summed E-state index contributed by atoms with van der Waals surface area (Å²) in [4.78, 5) is 16.1. The fourth-order valence-corrected chi connectivity index (χ4v) is 2.95. The molecule has 1 saturated heterocycles. The molecule has 2 unspecified atom stereocenters. The van der Waals surface area contributed by atoms with Crippen LogP contribution in [0.4, 0.5) is 0 Å². The second-order valence-electron chi connectivity index (χ2n) is 6.47. The van der Waals surface area contributed by atoms with Crippen molar-refractivity contribution in [1.29, 1.82) is 0 Å². The summed E-state index contributed by atoms with van der Waals surface area (Å²) in [6.07, 6.45) is 2.32. The SMILES string of the molecule is CC(C)NC(C)(CN1CCCC1CN(C)C)C(=O)O. The van der Waals surface area contributed by atoms with E-state index in [1.165, 1.54) is 0 Å². The van der Waals surface area contributed by atoms with E-state index in [2.05, 4.69) is 29.2 Å². The predicted octanol–water partition coefficient (Wildman–Crippen LogP) is 0.854. The van der Waals surface area contributed by atoms with Crippen LogP contribution in [0.25, 0.3) is 0 Å². The first-order chi connectivity index (χ1) is 8.74. The summed E-state index contributed by atoms with van der Waals surface area (Å²) >= 11 is 0. The molecule has 0 amide bonds. The molecule has 0 aromatic rings. The third-order valence-corrected chi connectivity index (χ3v) is 3.67. The van der Waals surface area contributed by atoms with Crippen molar-refractivity contribution in [2.45, 2.75) is 51.2 Å². The summed E-state index contributed by atoms with van der Waals surface area (Å²) in [6, 6.07) is 0.638. The van der Waals surface area contributed by atoms with Gasteiger partial charge < -0.3 is 10.0 Å². The summed E-state index contributed by atoms with van der Waals surface area (Å²) in [5.41, 5.74) is -0.872. The lowest BCUT2D eigenvalue weighted by molar-refractivity contribution is -0.145. The molecule has 1 aliphatic rings. The zero-order chi connectivity index (χ0) is 14.6. The number of aliphatic carboxylic acids is 1. The third kappa shape index (κ3) is 4.75. The number of carbonyl (C=O) groups is 1. The Bertz CT molecular complexity index is 307. The average Bonchev–Trinajstić information content (AvgIpc) is 2.63. The maximum absolute atomic E-state index is 11.6. The van der Waals surface area contributed by atoms with Crippen molar-refractivity contribution in [2.24, 2.45) is 0 Å². The highest BCUT2D eigenvalue weighted by molar-refractivity contribution is 5.78. The van der Waals surface area contributed by atoms with Crippen molar-refractivity contribution in [2.75, 3.05) is 33.7 Å². The Labute approximate surface area is 117 Å². The molecule has 0 aliphatic carbocycles. The molecule has 1 heterocycles. The molecule has 1 fully saturated rings. The van der Waals surface area contributed by atoms with E-state index >= 15 is 0 Å². The van der Waals surface area contributed by atoms with Crippen LogP contribution in [0.15, 0.2) is 0 Å². The van der Waals surface area contributed by atoms with E-state index in [1.807, 2.05) is 13.8 Å². The van der Waals surface area contributed by atoms with Gasteiger partial charge in [0.25, 0.3) is 0 Å². The number of likely N-dealkylation sites (tertiary alicyclic amines) is 1. The van der Waals surface area contributed by atoms with Crippen molar-refractivity contribution >= 4 is 5.97 Å². The lowest BCUT2D eigenvalue weighted by Gasteiger charge is -2.36. The van der Waals surface area contributed by atoms with Crippen LogP contribution in [-0.2, 0) is 4.79 Å². The zero-order valence-electron chi connectivity index (χ0n) is 12.9. The quantitative estimate of drug-likeness (QED) is 0.719. The molecule has 19 heavy (non-hydrogen) atoms. The largest absolute Gasteiger partial charge is 0.480 e. The van der Waals surface area contributed by atoms with Crippen molar-refractivity contribution in [3.8, 4) is 0 Å². The topological polar surface area (TPSA) is 55.8 Å². The number of nitrogens with one attached hydrogen (secondary N) is 1. The van der Waals surface area contributed by atoms with Crippen LogP contribution in [0.1, 0.15) is 33.6 Å². The van der Waals surface area contributed by atoms with Crippen LogP contribution in [0.2, 0.25) is 0 Å². The van der Waals surface area contributed by atoms with Crippen molar-refractivity contribution < 1.29 is 9.90 Å². The van der Waals surface area contributed by atoms with Gasteiger partial charge in [0.05, 0.1) is 0 Å². The second kappa shape index (κ2) is 6.68. The summed E-state index contributed by atoms with van der Waals surface area (Å²) in [5, 5.41) is 12.7. The van der Waals surface area contributed by atoms with E-state index in [1.54, 1.807) is 6.92 Å². The van der Waals surface area contributed by atoms with E-state index in [0.717, 1.165) is 25.9 Å². The van der Waals surface area contributed by atoms with Gasteiger partial charge in [0, 0.05) is 25.2 Å². The molecular formula is C14H29N3O2. The molecule has 2 atom stereocenters. The van der Waals surface area contributed by atoms with Gasteiger partial charge in [-0.2, -0.15) is 0 Å². The molecule has 1 aliphatic heterocycles. The van der Waals surface area contributed by atoms with Crippen LogP contribution in [-0.4, -0.2) is 72.2 Å². The fraction of sp³-hybridized carbons (Fsp3) is 0.929. The molecule has 0 radical (unpaired) electrons. The first-order valence-corrected chi connectivity index (χ1v) is 7.14. The Kier molecular flexibility index (Phi) is 5.77. The average molecular weight is 271 g/mol. The van der Waals surface area contributed by atoms with Crippen molar-refractivity contribution in [3.63, 3.8) is 0 Å². The van der Waals surface area contributed by atoms with Gasteiger partial charge >= 0.3 is 5.97 Å². The normalized spacial score (nSPS) is 24.1. The van der Waals surface area contributed by atoms with E-state index in [9.17, 15) is 9.90 Å². The Hall–Kier alpha value is -0.650. The number of hydrogen-bond acceptors (Lipinski definition) is 4. The van der Waals surface area contributed by atoms with E-state index < -0.39 is 11.5 Å². The third-order valence-electron chi connectivity index (χ3n) is 3.67. The number of hydrogen-bond donors (Lipinski definition) is 2. The van der Waals surface area contributed by atoms with Gasteiger partial charge in [0.2, 0.25) is 0 Å². The number of carboxylic acid groups (broad SMARTS) is 1. The highest BCUT2D eigenvalue weighted by Gasteiger charge is 2.38. The van der Waals surface area contributed by atoms with Crippen molar-refractivity contribution in [3.05, 3.63) is 0 Å². The first-order valence-electron chi connectivity index (χ1n) is 7.14. The Morgan fingerprint density at radius 3 is 2.63 bits per heavy atom. The van der Waals surface area contributed by atoms with Gasteiger partial charge in [-0.15, -0.1) is 0 Å². The molecule has 0 aromatic heterocycles. The molecule has 112 valence electrons. The smallest absolute Gasteiger partial charge is 0.324 e. The molecule has 0 spiro atoms. The van der Waals surface area contributed by atoms with Crippen molar-refractivity contribution in [1.82, 2.24) is 15.1 Å². The van der Waals surface area contributed by atoms with Gasteiger partial charge in [0.1, 0.15) is 5.54 Å². The fourth-order valence-electron chi connectivity index (χ4n) is 2.95. The number of carboxylic acids is 1. The molecule has 5 nitrogen and oxygen atoms in total. The van der Waals surface area contributed by atoms with Crippen LogP contribution >= 0.6 is 0 Å².